The Bertz CT molecular complexity index is 2430. The summed E-state index contributed by atoms with van der Waals surface area (Å²) in [4.78, 5) is 80.4. The molecule has 90 heavy (non-hydrogen) atoms. The van der Waals surface area contributed by atoms with Crippen LogP contribution in [0.1, 0.15) is 136 Å². The third kappa shape index (κ3) is 50.1. The summed E-state index contributed by atoms with van der Waals surface area (Å²) >= 11 is 0. The van der Waals surface area contributed by atoms with E-state index in [0.717, 1.165) is 118 Å². The number of quaternary nitrogens is 4. The number of hydrogen-bond acceptors (Lipinski definition) is 16. The quantitative estimate of drug-likeness (QED) is 0.0154. The number of likely N-dealkylation sites (N-methyl/N-ethyl adjacent to an activating group) is 4. The predicted molar refractivity (Wildman–Crippen MR) is 355 cm³/mol. The molecular weight excluding hydrogens is 1160 g/mol. The van der Waals surface area contributed by atoms with Gasteiger partial charge in [-0.25, -0.2) is 19.2 Å². The minimum absolute atomic E-state index is 0.211. The number of ether oxygens (including phenoxy) is 4. The van der Waals surface area contributed by atoms with E-state index < -0.39 is 19.7 Å². The molecule has 24 heteroatoms. The molecule has 0 saturated carbocycles. The minimum atomic E-state index is -0.500. The zero-order valence-electron chi connectivity index (χ0n) is 57.2. The van der Waals surface area contributed by atoms with Crippen LogP contribution in [0.2, 0.25) is 0 Å². The molecule has 0 bridgehead atoms. The van der Waals surface area contributed by atoms with Gasteiger partial charge >= 0.3 is 23.9 Å². The van der Waals surface area contributed by atoms with Crippen molar-refractivity contribution in [2.45, 2.75) is 94.4 Å². The first kappa shape index (κ1) is 88.6. The second-order valence-electron chi connectivity index (χ2n) is 21.8. The molecule has 0 aliphatic rings. The molecule has 0 radical (unpaired) electrons. The molecule has 4 rings (SSSR count). The highest BCUT2D eigenvalue weighted by Crippen LogP contribution is 2.14. The smallest absolute Gasteiger partial charge is 0.338 e. The van der Waals surface area contributed by atoms with Crippen LogP contribution >= 0.6 is 0 Å². The van der Waals surface area contributed by atoms with E-state index in [1.165, 1.54) is 45.2 Å². The van der Waals surface area contributed by atoms with Crippen LogP contribution in [-0.4, -0.2) is 222 Å². The maximum Gasteiger partial charge on any atom is 0.338 e. The summed E-state index contributed by atoms with van der Waals surface area (Å²) < 4.78 is 25.3. The van der Waals surface area contributed by atoms with Crippen LogP contribution in [0.25, 0.3) is 0 Å². The van der Waals surface area contributed by atoms with Gasteiger partial charge in [0.15, 0.2) is 28.2 Å². The Kier molecular flexibility index (Phi) is 53.3. The molecule has 1 atom stereocenters. The van der Waals surface area contributed by atoms with Crippen molar-refractivity contribution in [2.75, 3.05) is 161 Å². The molecule has 4 aromatic rings. The molecule has 0 aliphatic carbocycles. The maximum atomic E-state index is 12.0. The molecule has 4 aromatic carbocycles. The topological polar surface area (TPSA) is 278 Å². The van der Waals surface area contributed by atoms with Crippen molar-refractivity contribution in [2.24, 2.45) is 0 Å². The second kappa shape index (κ2) is 54.2. The van der Waals surface area contributed by atoms with E-state index in [0.29, 0.717) is 48.7 Å². The van der Waals surface area contributed by atoms with Gasteiger partial charge in [-0.2, -0.15) is 0 Å². The van der Waals surface area contributed by atoms with Gasteiger partial charge in [0.1, 0.15) is 52.6 Å². The van der Waals surface area contributed by atoms with E-state index in [1.807, 2.05) is 72.8 Å². The molecule has 0 aliphatic heterocycles. The van der Waals surface area contributed by atoms with Crippen molar-refractivity contribution in [1.82, 2.24) is 0 Å². The number of carbonyl (C=O) groups excluding carboxylic acids is 4. The average molecular weight is 1270 g/mol. The van der Waals surface area contributed by atoms with Gasteiger partial charge in [0, 0.05) is 19.7 Å². The number of carbonyl (C=O) groups is 4. The maximum absolute atomic E-state index is 12.0. The molecule has 1 unspecified atom stereocenters. The van der Waals surface area contributed by atoms with Crippen molar-refractivity contribution < 1.29 is 75.8 Å². The lowest BCUT2D eigenvalue weighted by molar-refractivity contribution is -0.926. The lowest BCUT2D eigenvalue weighted by Gasteiger charge is -2.37. The number of nitrogens with zero attached hydrogens (tertiary/aromatic N) is 8. The molecule has 0 saturated heterocycles. The fourth-order valence-electron chi connectivity index (χ4n) is 8.72. The Morgan fingerprint density at radius 1 is 0.322 bits per heavy atom. The Balaban J connectivity index is -0.000000507. The highest BCUT2D eigenvalue weighted by atomic mass is 16.6. The summed E-state index contributed by atoms with van der Waals surface area (Å²) in [6, 6.07) is 36.6. The lowest BCUT2D eigenvalue weighted by atomic mass is 10.2. The predicted octanol–water partition coefficient (Wildman–Crippen LogP) is 11.2. The van der Waals surface area contributed by atoms with Gasteiger partial charge in [-0.05, 0) is 109 Å². The van der Waals surface area contributed by atoms with Crippen molar-refractivity contribution in [3.05, 3.63) is 184 Å². The van der Waals surface area contributed by atoms with Crippen LogP contribution in [0, 0.1) is 40.5 Å². The molecule has 24 nitrogen and oxygen atoms in total. The Hall–Kier alpha value is -7.80. The van der Waals surface area contributed by atoms with Gasteiger partial charge in [-0.15, -0.1) is 0 Å². The molecule has 508 valence electrons. The molecule has 0 N–H and O–H groups in total. The van der Waals surface area contributed by atoms with Gasteiger partial charge in [0.25, 0.3) is 0 Å². The van der Waals surface area contributed by atoms with Gasteiger partial charge in [-0.1, -0.05) is 107 Å². The normalized spacial score (nSPS) is 10.9. The molecule has 0 aromatic heterocycles. The third-order valence-electron chi connectivity index (χ3n) is 13.9. The lowest BCUT2D eigenvalue weighted by Crippen LogP contribution is -2.51. The van der Waals surface area contributed by atoms with Crippen molar-refractivity contribution in [3.63, 3.8) is 0 Å². The van der Waals surface area contributed by atoms with Gasteiger partial charge < -0.3 is 36.9 Å². The molecule has 0 heterocycles. The average Bonchev–Trinajstić information content (AvgIpc) is 3.17. The monoisotopic (exact) mass is 1270 g/mol. The summed E-state index contributed by atoms with van der Waals surface area (Å²) in [5, 5.41) is 35.2. The van der Waals surface area contributed by atoms with Crippen LogP contribution in [0.5, 0.6) is 0 Å². The highest BCUT2D eigenvalue weighted by molar-refractivity contribution is 5.90. The van der Waals surface area contributed by atoms with Crippen molar-refractivity contribution >= 4 is 23.9 Å². The summed E-state index contributed by atoms with van der Waals surface area (Å²) in [5.41, 5.74) is 2.50. The first-order chi connectivity index (χ1) is 42.4. The fourth-order valence-corrected chi connectivity index (χ4v) is 8.72. The standard InChI is InChI=1S/C18H30NO2.C17H28NO2.C15H24NO2.C12H18NO2.4CH3NO2/c1-4-7-14-19(6-3,13-5-2)15-16-21-18(20)17-11-9-8-10-12-17;1-4-12-18(6-3,13-5-2)14-15-20-17(19)16-10-8-7-9-11-16;1-4-16(5-2,6-3)12-13-18-15(17)14-10-8-7-9-11-14;1-13(2,3)9-10-15-12(14)11-7-5-4-6-8-11;4*1-2(3)4/h8-12H,4-7,13-16H2,1-3H3;7-11H,4-6,12-15H2,1-3H3;7-11H,4-6,12-13H2,1-3H3;4-8H,9-10H2,1-3H3;4*1H3/q4*+1;;;;. The number of rotatable bonds is 30. The molecule has 0 fully saturated rings. The van der Waals surface area contributed by atoms with Crippen molar-refractivity contribution in [3.8, 4) is 0 Å². The van der Waals surface area contributed by atoms with E-state index in [4.69, 9.17) is 59.4 Å². The third-order valence-corrected chi connectivity index (χ3v) is 13.9. The van der Waals surface area contributed by atoms with E-state index >= 15 is 0 Å². The Morgan fingerprint density at radius 2 is 0.522 bits per heavy atom. The van der Waals surface area contributed by atoms with Crippen LogP contribution < -0.4 is 0 Å². The van der Waals surface area contributed by atoms with Gasteiger partial charge in [-0.3, -0.25) is 40.5 Å². The van der Waals surface area contributed by atoms with E-state index in [2.05, 4.69) is 83.5 Å². The zero-order valence-corrected chi connectivity index (χ0v) is 57.2. The Morgan fingerprint density at radius 3 is 0.711 bits per heavy atom. The highest BCUT2D eigenvalue weighted by Gasteiger charge is 2.26. The number of hydrogen-bond donors (Lipinski definition) is 0. The largest absolute Gasteiger partial charge is 0.456 e. The van der Waals surface area contributed by atoms with Gasteiger partial charge in [0.05, 0.1) is 102 Å². The molecule has 0 amide bonds. The van der Waals surface area contributed by atoms with Crippen LogP contribution in [0.3, 0.4) is 0 Å². The van der Waals surface area contributed by atoms with Crippen LogP contribution in [0.15, 0.2) is 121 Å². The first-order valence-electron chi connectivity index (χ1n) is 31.0. The number of benzene rings is 4. The first-order valence-corrected chi connectivity index (χ1v) is 31.0. The van der Waals surface area contributed by atoms with E-state index in [1.54, 1.807) is 48.5 Å². The number of esters is 4. The van der Waals surface area contributed by atoms with E-state index in [9.17, 15) is 19.2 Å². The SMILES string of the molecule is CCCC[N+](CC)(CCC)CCOC(=O)c1ccccc1.CCC[N+](CC)(CCC)CCOC(=O)c1ccccc1.CC[N+](CC)(CC)CCOC(=O)c1ccccc1.C[N+](=O)[O-].C[N+](=O)[O-].C[N+](=O)[O-].C[N+](=O)[O-].C[N+](C)(C)CCOC(=O)c1ccccc1. The van der Waals surface area contributed by atoms with E-state index in [-0.39, 0.29) is 23.9 Å². The van der Waals surface area contributed by atoms with Crippen LogP contribution in [-0.2, 0) is 18.9 Å². The molecular formula is C66H112N8O16+4. The van der Waals surface area contributed by atoms with Crippen LogP contribution in [0.4, 0.5) is 0 Å². The summed E-state index contributed by atoms with van der Waals surface area (Å²) in [5.74, 6) is -0.898. The fraction of sp³-hybridized carbons (Fsp3) is 0.576. The second-order valence-corrected chi connectivity index (χ2v) is 21.8. The zero-order chi connectivity index (χ0) is 69.5. The van der Waals surface area contributed by atoms with Gasteiger partial charge in [0.2, 0.25) is 0 Å². The summed E-state index contributed by atoms with van der Waals surface area (Å²) in [7, 11) is 9.75. The number of nitro groups is 4. The number of unbranched alkanes of at least 4 members (excludes halogenated alkanes) is 1. The van der Waals surface area contributed by atoms with Crippen molar-refractivity contribution in [1.29, 1.82) is 0 Å². The summed E-state index contributed by atoms with van der Waals surface area (Å²) in [6.07, 6.45) is 5.96. The summed E-state index contributed by atoms with van der Waals surface area (Å²) in [6.45, 7) is 35.5. The minimum Gasteiger partial charge on any atom is -0.456 e. The Labute approximate surface area is 537 Å². The molecule has 0 spiro atoms.